The lowest BCUT2D eigenvalue weighted by molar-refractivity contribution is 0.102. The van der Waals surface area contributed by atoms with Gasteiger partial charge in [-0.25, -0.2) is 4.98 Å². The van der Waals surface area contributed by atoms with Crippen LogP contribution in [0.3, 0.4) is 0 Å². The van der Waals surface area contributed by atoms with Crippen molar-refractivity contribution in [3.05, 3.63) is 58.9 Å². The van der Waals surface area contributed by atoms with Gasteiger partial charge in [0.1, 0.15) is 11.6 Å². The van der Waals surface area contributed by atoms with Gasteiger partial charge in [0.05, 0.1) is 43.9 Å². The molecule has 1 aromatic heterocycles. The topological polar surface area (TPSA) is 88.3 Å². The van der Waals surface area contributed by atoms with Gasteiger partial charge in [0.25, 0.3) is 5.91 Å². The van der Waals surface area contributed by atoms with Crippen molar-refractivity contribution in [2.75, 3.05) is 35.8 Å². The molecule has 1 atom stereocenters. The summed E-state index contributed by atoms with van der Waals surface area (Å²) in [6, 6.07) is 5.63. The van der Waals surface area contributed by atoms with Crippen LogP contribution in [-0.2, 0) is 22.7 Å². The molecule has 32 heavy (non-hydrogen) atoms. The standard InChI is InChI=1S/C24H26N4O4/c1-5-28(21-12-32-21)23-18(7-15-10-31-11-19(15)27-23)24(29)26-16-8-17-13(2)6-14(3)25-22(17)20(9-16)30-4/h6-9,21,25H,3,5,10-12H2,1-2,4H3,(H,26,29)/t21-/m1/s1. The van der Waals surface area contributed by atoms with Gasteiger partial charge >= 0.3 is 0 Å². The van der Waals surface area contributed by atoms with E-state index < -0.39 is 0 Å². The van der Waals surface area contributed by atoms with Crippen molar-refractivity contribution >= 4 is 28.7 Å². The van der Waals surface area contributed by atoms with Crippen LogP contribution in [0.5, 0.6) is 5.75 Å². The molecule has 4 heterocycles. The number of ether oxygens (including phenoxy) is 3. The third-order valence-electron chi connectivity index (χ3n) is 5.87. The van der Waals surface area contributed by atoms with Crippen LogP contribution in [0.25, 0.3) is 5.57 Å². The van der Waals surface area contributed by atoms with Gasteiger partial charge in [-0.05, 0) is 37.6 Å². The summed E-state index contributed by atoms with van der Waals surface area (Å²) < 4.78 is 16.6. The number of benzene rings is 1. The van der Waals surface area contributed by atoms with Crippen molar-refractivity contribution in [1.82, 2.24) is 4.98 Å². The second kappa shape index (κ2) is 7.96. The third-order valence-corrected chi connectivity index (χ3v) is 5.87. The molecule has 8 nitrogen and oxygen atoms in total. The van der Waals surface area contributed by atoms with E-state index in [4.69, 9.17) is 19.2 Å². The minimum atomic E-state index is -0.238. The Morgan fingerprint density at radius 2 is 2.19 bits per heavy atom. The second-order valence-corrected chi connectivity index (χ2v) is 8.06. The molecule has 2 N–H and O–H groups in total. The number of methoxy groups -OCH3 is 1. The molecule has 0 unspecified atom stereocenters. The number of rotatable bonds is 6. The molecule has 0 spiro atoms. The normalized spacial score (nSPS) is 18.3. The zero-order valence-corrected chi connectivity index (χ0v) is 18.4. The molecule has 1 saturated heterocycles. The van der Waals surface area contributed by atoms with Crippen molar-refractivity contribution in [3.8, 4) is 5.75 Å². The summed E-state index contributed by atoms with van der Waals surface area (Å²) in [5.74, 6) is 1.02. The fourth-order valence-corrected chi connectivity index (χ4v) is 4.21. The summed E-state index contributed by atoms with van der Waals surface area (Å²) in [7, 11) is 1.61. The third kappa shape index (κ3) is 3.61. The van der Waals surface area contributed by atoms with Crippen molar-refractivity contribution < 1.29 is 19.0 Å². The Labute approximate surface area is 186 Å². The number of likely N-dealkylation sites (N-methyl/N-ethyl adjacent to an activating group) is 1. The smallest absolute Gasteiger partial charge is 0.259 e. The van der Waals surface area contributed by atoms with E-state index in [-0.39, 0.29) is 12.1 Å². The molecule has 5 rings (SSSR count). The molecule has 0 radical (unpaired) electrons. The van der Waals surface area contributed by atoms with Crippen molar-refractivity contribution in [2.45, 2.75) is 33.3 Å². The van der Waals surface area contributed by atoms with Gasteiger partial charge in [0.15, 0.2) is 6.23 Å². The average molecular weight is 434 g/mol. The predicted octanol–water partition coefficient (Wildman–Crippen LogP) is 3.90. The SMILES string of the molecule is C=C1C=C(C)c2cc(NC(=O)c3cc4c(nc3N(CC)[C@H]3CO3)COC4)cc(OC)c2N1. The Morgan fingerprint density at radius 3 is 2.91 bits per heavy atom. The summed E-state index contributed by atoms with van der Waals surface area (Å²) in [6.07, 6.45) is 1.92. The van der Waals surface area contributed by atoms with Crippen LogP contribution in [0.2, 0.25) is 0 Å². The van der Waals surface area contributed by atoms with Gasteiger partial charge in [-0.3, -0.25) is 4.79 Å². The number of aromatic nitrogens is 1. The van der Waals surface area contributed by atoms with Crippen molar-refractivity contribution in [3.63, 3.8) is 0 Å². The molecule has 1 amide bonds. The lowest BCUT2D eigenvalue weighted by Gasteiger charge is -2.24. The van der Waals surface area contributed by atoms with E-state index >= 15 is 0 Å². The monoisotopic (exact) mass is 434 g/mol. The number of carbonyl (C=O) groups excluding carboxylic acids is 1. The number of anilines is 3. The molecule has 1 fully saturated rings. The van der Waals surface area contributed by atoms with Gasteiger partial charge < -0.3 is 29.7 Å². The zero-order chi connectivity index (χ0) is 22.4. The number of hydrogen-bond acceptors (Lipinski definition) is 7. The summed E-state index contributed by atoms with van der Waals surface area (Å²) in [6.45, 7) is 10.3. The molecular weight excluding hydrogens is 408 g/mol. The first kappa shape index (κ1) is 20.5. The lowest BCUT2D eigenvalue weighted by Crippen LogP contribution is -2.30. The molecule has 166 valence electrons. The molecule has 0 aliphatic carbocycles. The maximum Gasteiger partial charge on any atom is 0.259 e. The van der Waals surface area contributed by atoms with E-state index in [1.807, 2.05) is 37.0 Å². The van der Waals surface area contributed by atoms with Crippen LogP contribution in [0.15, 0.2) is 36.6 Å². The van der Waals surface area contributed by atoms with E-state index in [0.29, 0.717) is 49.2 Å². The molecule has 8 heteroatoms. The van der Waals surface area contributed by atoms with E-state index in [2.05, 4.69) is 17.2 Å². The fourth-order valence-electron chi connectivity index (χ4n) is 4.21. The molecule has 0 saturated carbocycles. The fraction of sp³-hybridized carbons (Fsp3) is 0.333. The number of nitrogens with zero attached hydrogens (tertiary/aromatic N) is 2. The molecule has 1 aromatic carbocycles. The molecule has 3 aliphatic rings. The Balaban J connectivity index is 1.52. The number of pyridine rings is 1. The van der Waals surface area contributed by atoms with Crippen LogP contribution in [0.4, 0.5) is 17.2 Å². The van der Waals surface area contributed by atoms with Gasteiger partial charge in [-0.15, -0.1) is 0 Å². The first-order valence-electron chi connectivity index (χ1n) is 10.6. The maximum atomic E-state index is 13.5. The van der Waals surface area contributed by atoms with E-state index in [0.717, 1.165) is 33.8 Å². The predicted molar refractivity (Wildman–Crippen MR) is 123 cm³/mol. The molecule has 3 aliphatic heterocycles. The van der Waals surface area contributed by atoms with E-state index in [9.17, 15) is 4.79 Å². The largest absolute Gasteiger partial charge is 0.494 e. The van der Waals surface area contributed by atoms with Crippen LogP contribution >= 0.6 is 0 Å². The highest BCUT2D eigenvalue weighted by molar-refractivity contribution is 6.08. The summed E-state index contributed by atoms with van der Waals surface area (Å²) in [4.78, 5) is 20.3. The maximum absolute atomic E-state index is 13.5. The molecule has 2 aromatic rings. The number of nitrogens with one attached hydrogen (secondary N) is 2. The quantitative estimate of drug-likeness (QED) is 0.667. The number of carbonyl (C=O) groups is 1. The molecular formula is C24H26N4O4. The summed E-state index contributed by atoms with van der Waals surface area (Å²) >= 11 is 0. The van der Waals surface area contributed by atoms with E-state index in [1.54, 1.807) is 13.2 Å². The zero-order valence-electron chi connectivity index (χ0n) is 18.4. The Hall–Kier alpha value is -3.36. The first-order chi connectivity index (χ1) is 15.5. The van der Waals surface area contributed by atoms with Crippen molar-refractivity contribution in [2.24, 2.45) is 0 Å². The number of fused-ring (bicyclic) bond motifs is 2. The van der Waals surface area contributed by atoms with Gasteiger partial charge in [-0.1, -0.05) is 6.58 Å². The Morgan fingerprint density at radius 1 is 1.38 bits per heavy atom. The number of hydrogen-bond donors (Lipinski definition) is 2. The highest BCUT2D eigenvalue weighted by Gasteiger charge is 2.34. The number of allylic oxidation sites excluding steroid dienone is 2. The number of amides is 1. The van der Waals surface area contributed by atoms with Crippen LogP contribution in [0, 0.1) is 0 Å². The van der Waals surface area contributed by atoms with Gasteiger partial charge in [-0.2, -0.15) is 0 Å². The average Bonchev–Trinajstić information content (AvgIpc) is 3.50. The number of epoxide rings is 1. The summed E-state index contributed by atoms with van der Waals surface area (Å²) in [5.41, 5.74) is 6.59. The van der Waals surface area contributed by atoms with Crippen LogP contribution < -0.4 is 20.3 Å². The van der Waals surface area contributed by atoms with Crippen molar-refractivity contribution in [1.29, 1.82) is 0 Å². The first-order valence-corrected chi connectivity index (χ1v) is 10.6. The summed E-state index contributed by atoms with van der Waals surface area (Å²) in [5, 5.41) is 6.29. The van der Waals surface area contributed by atoms with Gasteiger partial charge in [0, 0.05) is 35.1 Å². The van der Waals surface area contributed by atoms with Gasteiger partial charge in [0.2, 0.25) is 0 Å². The Bertz CT molecular complexity index is 1150. The lowest BCUT2D eigenvalue weighted by atomic mass is 9.99. The highest BCUT2D eigenvalue weighted by atomic mass is 16.6. The van der Waals surface area contributed by atoms with E-state index in [1.165, 1.54) is 0 Å². The Kier molecular flexibility index (Phi) is 5.11. The molecule has 0 bridgehead atoms. The van der Waals surface area contributed by atoms with Crippen LogP contribution in [0.1, 0.15) is 41.0 Å². The minimum absolute atomic E-state index is 0.0461. The second-order valence-electron chi connectivity index (χ2n) is 8.06. The highest BCUT2D eigenvalue weighted by Crippen LogP contribution is 2.40. The van der Waals surface area contributed by atoms with Crippen LogP contribution in [-0.4, -0.2) is 37.4 Å². The minimum Gasteiger partial charge on any atom is -0.494 e.